The van der Waals surface area contributed by atoms with E-state index in [0.29, 0.717) is 17.5 Å². The normalized spacial score (nSPS) is 16.0. The van der Waals surface area contributed by atoms with E-state index >= 15 is 0 Å². The fourth-order valence-electron chi connectivity index (χ4n) is 5.27. The molecule has 1 fully saturated rings. The van der Waals surface area contributed by atoms with Crippen molar-refractivity contribution in [3.63, 3.8) is 0 Å². The summed E-state index contributed by atoms with van der Waals surface area (Å²) in [6.07, 6.45) is 0. The molecule has 0 aliphatic carbocycles. The van der Waals surface area contributed by atoms with Crippen molar-refractivity contribution in [2.75, 3.05) is 0 Å². The van der Waals surface area contributed by atoms with Gasteiger partial charge in [0, 0.05) is 16.7 Å². The van der Waals surface area contributed by atoms with Gasteiger partial charge in [-0.1, -0.05) is 103 Å². The van der Waals surface area contributed by atoms with Crippen LogP contribution < -0.4 is 5.46 Å². The van der Waals surface area contributed by atoms with E-state index in [0.717, 1.165) is 38.3 Å². The van der Waals surface area contributed by atoms with E-state index in [1.54, 1.807) is 0 Å². The first kappa shape index (κ1) is 25.6. The Hall–Kier alpha value is -4.39. The van der Waals surface area contributed by atoms with Gasteiger partial charge in [-0.2, -0.15) is 0 Å². The van der Waals surface area contributed by atoms with Crippen molar-refractivity contribution < 1.29 is 9.31 Å². The van der Waals surface area contributed by atoms with Crippen LogP contribution in [0.4, 0.5) is 0 Å². The second-order valence-corrected chi connectivity index (χ2v) is 11.6. The Bertz CT molecular complexity index is 1900. The highest BCUT2D eigenvalue weighted by molar-refractivity contribution is 6.62. The Balaban J connectivity index is 1.35. The third kappa shape index (κ3) is 4.59. The maximum absolute atomic E-state index is 6.26. The number of nitrogens with zero attached hydrogens (tertiary/aromatic N) is 3. The minimum atomic E-state index is -0.424. The number of benzene rings is 5. The third-order valence-corrected chi connectivity index (χ3v) is 8.37. The zero-order valence-corrected chi connectivity index (χ0v) is 23.6. The number of aromatic nitrogens is 3. The van der Waals surface area contributed by atoms with E-state index in [2.05, 4.69) is 94.4 Å². The van der Waals surface area contributed by atoms with Crippen LogP contribution in [0.5, 0.6) is 0 Å². The second kappa shape index (κ2) is 9.62. The second-order valence-electron chi connectivity index (χ2n) is 11.6. The van der Waals surface area contributed by atoms with E-state index in [-0.39, 0.29) is 0 Å². The Morgan fingerprint density at radius 2 is 1.07 bits per heavy atom. The van der Waals surface area contributed by atoms with Gasteiger partial charge in [0.15, 0.2) is 17.5 Å². The summed E-state index contributed by atoms with van der Waals surface area (Å²) >= 11 is 0. The maximum atomic E-state index is 6.26. The van der Waals surface area contributed by atoms with Gasteiger partial charge in [0.25, 0.3) is 0 Å². The van der Waals surface area contributed by atoms with E-state index in [4.69, 9.17) is 24.3 Å². The van der Waals surface area contributed by atoms with E-state index in [9.17, 15) is 0 Å². The van der Waals surface area contributed by atoms with Gasteiger partial charge in [-0.15, -0.1) is 0 Å². The largest absolute Gasteiger partial charge is 0.494 e. The number of hydrogen-bond donors (Lipinski definition) is 0. The highest BCUT2D eigenvalue weighted by atomic mass is 16.7. The molecule has 0 amide bonds. The zero-order valence-electron chi connectivity index (χ0n) is 23.6. The molecule has 5 aromatic carbocycles. The molecule has 1 aliphatic heterocycles. The molecule has 1 saturated heterocycles. The lowest BCUT2D eigenvalue weighted by atomic mass is 9.79. The Morgan fingerprint density at radius 1 is 0.512 bits per heavy atom. The topological polar surface area (TPSA) is 57.1 Å². The van der Waals surface area contributed by atoms with Gasteiger partial charge < -0.3 is 9.31 Å². The van der Waals surface area contributed by atoms with Crippen LogP contribution in [0.2, 0.25) is 0 Å². The van der Waals surface area contributed by atoms with Crippen LogP contribution in [0.3, 0.4) is 0 Å². The van der Waals surface area contributed by atoms with Gasteiger partial charge in [0.2, 0.25) is 0 Å². The number of hydrogen-bond acceptors (Lipinski definition) is 5. The molecule has 0 saturated carbocycles. The standard InChI is InChI=1S/C35H30BN3O2/c1-34(2)35(3,4)41-36(40-34)28-20-18-25(19-21-28)31-37-32(27-17-16-23-10-5-6-12-26(23)22-27)39-33(38-31)30-15-9-13-24-11-7-8-14-29(24)30/h5-22H,1-4H3. The quantitative estimate of drug-likeness (QED) is 0.219. The Morgan fingerprint density at radius 3 is 1.80 bits per heavy atom. The van der Waals surface area contributed by atoms with Crippen LogP contribution in [0.25, 0.3) is 55.7 Å². The van der Waals surface area contributed by atoms with E-state index in [1.807, 2.05) is 42.5 Å². The lowest BCUT2D eigenvalue weighted by molar-refractivity contribution is 0.00578. The van der Waals surface area contributed by atoms with Gasteiger partial charge >= 0.3 is 7.12 Å². The molecule has 5 nitrogen and oxygen atoms in total. The van der Waals surface area contributed by atoms with E-state index in [1.165, 1.54) is 5.39 Å². The van der Waals surface area contributed by atoms with Crippen LogP contribution in [0, 0.1) is 0 Å². The first-order valence-electron chi connectivity index (χ1n) is 14.0. The van der Waals surface area contributed by atoms with Crippen molar-refractivity contribution in [1.82, 2.24) is 15.0 Å². The van der Waals surface area contributed by atoms with Crippen LogP contribution >= 0.6 is 0 Å². The number of fused-ring (bicyclic) bond motifs is 2. The molecule has 1 aromatic heterocycles. The smallest absolute Gasteiger partial charge is 0.399 e. The molecule has 7 rings (SSSR count). The van der Waals surface area contributed by atoms with Crippen LogP contribution in [0.1, 0.15) is 27.7 Å². The summed E-state index contributed by atoms with van der Waals surface area (Å²) < 4.78 is 12.5. The summed E-state index contributed by atoms with van der Waals surface area (Å²) in [6.45, 7) is 8.26. The summed E-state index contributed by atoms with van der Waals surface area (Å²) in [5.41, 5.74) is 2.99. The monoisotopic (exact) mass is 535 g/mol. The van der Waals surface area contributed by atoms with Gasteiger partial charge in [0.05, 0.1) is 11.2 Å². The van der Waals surface area contributed by atoms with Crippen molar-refractivity contribution in [2.24, 2.45) is 0 Å². The molecule has 0 bridgehead atoms. The molecule has 200 valence electrons. The predicted molar refractivity (Wildman–Crippen MR) is 167 cm³/mol. The molecule has 1 aliphatic rings. The highest BCUT2D eigenvalue weighted by Crippen LogP contribution is 2.37. The van der Waals surface area contributed by atoms with Crippen molar-refractivity contribution >= 4 is 34.1 Å². The maximum Gasteiger partial charge on any atom is 0.494 e. The van der Waals surface area contributed by atoms with Crippen molar-refractivity contribution in [2.45, 2.75) is 38.9 Å². The summed E-state index contributed by atoms with van der Waals surface area (Å²) in [5.74, 6) is 1.90. The molecule has 0 spiro atoms. The molecule has 0 unspecified atom stereocenters. The summed E-state index contributed by atoms with van der Waals surface area (Å²) in [7, 11) is -0.424. The SMILES string of the molecule is CC1(C)OB(c2ccc(-c3nc(-c4ccc5ccccc5c4)nc(-c4cccc5ccccc45)n3)cc2)OC1(C)C. The van der Waals surface area contributed by atoms with Crippen molar-refractivity contribution in [3.8, 4) is 34.2 Å². The fraction of sp³-hybridized carbons (Fsp3) is 0.171. The lowest BCUT2D eigenvalue weighted by Gasteiger charge is -2.32. The molecular formula is C35H30BN3O2. The fourth-order valence-corrected chi connectivity index (χ4v) is 5.27. The average Bonchev–Trinajstić information content (AvgIpc) is 3.22. The summed E-state index contributed by atoms with van der Waals surface area (Å²) in [6, 6.07) is 37.4. The molecule has 0 radical (unpaired) electrons. The van der Waals surface area contributed by atoms with Gasteiger partial charge in [0.1, 0.15) is 0 Å². The number of rotatable bonds is 4. The molecule has 0 atom stereocenters. The molecular weight excluding hydrogens is 505 g/mol. The molecule has 0 N–H and O–H groups in total. The van der Waals surface area contributed by atoms with Crippen LogP contribution in [-0.2, 0) is 9.31 Å². The minimum absolute atomic E-state index is 0.396. The summed E-state index contributed by atoms with van der Waals surface area (Å²) in [4.78, 5) is 15.0. The van der Waals surface area contributed by atoms with Crippen molar-refractivity contribution in [3.05, 3.63) is 109 Å². The first-order valence-corrected chi connectivity index (χ1v) is 14.0. The zero-order chi connectivity index (χ0) is 28.2. The molecule has 2 heterocycles. The van der Waals surface area contributed by atoms with Gasteiger partial charge in [-0.25, -0.2) is 15.0 Å². The van der Waals surface area contributed by atoms with Gasteiger partial charge in [-0.05, 0) is 60.8 Å². The third-order valence-electron chi connectivity index (χ3n) is 8.37. The van der Waals surface area contributed by atoms with Crippen molar-refractivity contribution in [1.29, 1.82) is 0 Å². The van der Waals surface area contributed by atoms with Crippen LogP contribution in [-0.4, -0.2) is 33.3 Å². The molecule has 6 aromatic rings. The highest BCUT2D eigenvalue weighted by Gasteiger charge is 2.51. The van der Waals surface area contributed by atoms with E-state index < -0.39 is 18.3 Å². The average molecular weight is 535 g/mol. The predicted octanol–water partition coefficient (Wildman–Crippen LogP) is 7.48. The Labute approximate surface area is 240 Å². The summed E-state index contributed by atoms with van der Waals surface area (Å²) in [5, 5.41) is 4.57. The van der Waals surface area contributed by atoms with Crippen LogP contribution in [0.15, 0.2) is 109 Å². The molecule has 41 heavy (non-hydrogen) atoms. The minimum Gasteiger partial charge on any atom is -0.399 e. The Kier molecular flexibility index (Phi) is 6.00. The first-order chi connectivity index (χ1) is 19.8. The lowest BCUT2D eigenvalue weighted by Crippen LogP contribution is -2.41. The molecule has 6 heteroatoms. The van der Waals surface area contributed by atoms with Gasteiger partial charge in [-0.3, -0.25) is 0 Å².